The fourth-order valence-corrected chi connectivity index (χ4v) is 1.79. The fourth-order valence-electron chi connectivity index (χ4n) is 1.79. The molecule has 0 aliphatic carbocycles. The first kappa shape index (κ1) is 9.06. The zero-order valence-corrected chi connectivity index (χ0v) is 8.36. The van der Waals surface area contributed by atoms with E-state index in [4.69, 9.17) is 4.74 Å². The van der Waals surface area contributed by atoms with Crippen molar-refractivity contribution in [1.82, 2.24) is 0 Å². The van der Waals surface area contributed by atoms with Crippen LogP contribution in [0.25, 0.3) is 0 Å². The molecule has 2 rings (SSSR count). The average Bonchev–Trinajstić information content (AvgIpc) is 2.17. The average molecular weight is 191 g/mol. The van der Waals surface area contributed by atoms with Crippen LogP contribution in [0.3, 0.4) is 0 Å². The number of para-hydroxylation sites is 1. The standard InChI is InChI=1S/C11H13NO2/c1-8-6-12(2)10-5-3-4-9(7-13)11(10)14-8/h3-5,7-8H,6H2,1-2H3. The number of ether oxygens (including phenoxy) is 1. The van der Waals surface area contributed by atoms with E-state index in [1.165, 1.54) is 0 Å². The van der Waals surface area contributed by atoms with Crippen LogP contribution in [0, 0.1) is 0 Å². The number of aldehydes is 1. The molecule has 1 aromatic rings. The first-order valence-corrected chi connectivity index (χ1v) is 4.68. The molecule has 0 amide bonds. The highest BCUT2D eigenvalue weighted by molar-refractivity contribution is 5.84. The van der Waals surface area contributed by atoms with E-state index in [0.717, 1.165) is 18.5 Å². The van der Waals surface area contributed by atoms with Gasteiger partial charge in [-0.05, 0) is 19.1 Å². The maximum absolute atomic E-state index is 10.8. The van der Waals surface area contributed by atoms with Crippen molar-refractivity contribution >= 4 is 12.0 Å². The van der Waals surface area contributed by atoms with Gasteiger partial charge in [-0.15, -0.1) is 0 Å². The topological polar surface area (TPSA) is 29.5 Å². The highest BCUT2D eigenvalue weighted by Gasteiger charge is 2.22. The third kappa shape index (κ3) is 1.35. The van der Waals surface area contributed by atoms with Crippen LogP contribution in [0.1, 0.15) is 17.3 Å². The summed E-state index contributed by atoms with van der Waals surface area (Å²) in [5.41, 5.74) is 1.62. The van der Waals surface area contributed by atoms with E-state index in [0.29, 0.717) is 11.3 Å². The van der Waals surface area contributed by atoms with Gasteiger partial charge in [-0.25, -0.2) is 0 Å². The molecule has 0 saturated heterocycles. The summed E-state index contributed by atoms with van der Waals surface area (Å²) in [7, 11) is 2.01. The molecule has 14 heavy (non-hydrogen) atoms. The Morgan fingerprint density at radius 1 is 1.57 bits per heavy atom. The largest absolute Gasteiger partial charge is 0.486 e. The third-order valence-electron chi connectivity index (χ3n) is 2.41. The molecule has 0 aromatic heterocycles. The van der Waals surface area contributed by atoms with E-state index in [2.05, 4.69) is 4.90 Å². The number of hydrogen-bond donors (Lipinski definition) is 0. The summed E-state index contributed by atoms with van der Waals surface area (Å²) in [6.07, 6.45) is 0.971. The number of benzene rings is 1. The smallest absolute Gasteiger partial charge is 0.153 e. The Labute approximate surface area is 83.3 Å². The second-order valence-corrected chi connectivity index (χ2v) is 3.62. The summed E-state index contributed by atoms with van der Waals surface area (Å²) in [5.74, 6) is 0.712. The Kier molecular flexibility index (Phi) is 2.15. The number of rotatable bonds is 1. The van der Waals surface area contributed by atoms with Gasteiger partial charge in [0.1, 0.15) is 6.10 Å². The van der Waals surface area contributed by atoms with Gasteiger partial charge in [0.05, 0.1) is 17.8 Å². The van der Waals surface area contributed by atoms with Crippen molar-refractivity contribution in [2.75, 3.05) is 18.5 Å². The normalized spacial score (nSPS) is 19.9. The molecule has 0 bridgehead atoms. The minimum Gasteiger partial charge on any atom is -0.486 e. The molecule has 0 fully saturated rings. The van der Waals surface area contributed by atoms with Gasteiger partial charge in [0.2, 0.25) is 0 Å². The van der Waals surface area contributed by atoms with Crippen LogP contribution in [0.2, 0.25) is 0 Å². The maximum Gasteiger partial charge on any atom is 0.153 e. The maximum atomic E-state index is 10.8. The van der Waals surface area contributed by atoms with E-state index in [1.807, 2.05) is 26.1 Å². The van der Waals surface area contributed by atoms with Crippen LogP contribution in [-0.4, -0.2) is 26.0 Å². The van der Waals surface area contributed by atoms with Crippen molar-refractivity contribution < 1.29 is 9.53 Å². The second-order valence-electron chi connectivity index (χ2n) is 3.62. The highest BCUT2D eigenvalue weighted by atomic mass is 16.5. The molecule has 1 aromatic carbocycles. The Bertz CT molecular complexity index is 362. The van der Waals surface area contributed by atoms with Crippen molar-refractivity contribution in [2.45, 2.75) is 13.0 Å². The predicted octanol–water partition coefficient (Wildman–Crippen LogP) is 1.72. The summed E-state index contributed by atoms with van der Waals surface area (Å²) < 4.78 is 5.65. The molecule has 0 spiro atoms. The lowest BCUT2D eigenvalue weighted by atomic mass is 10.1. The van der Waals surface area contributed by atoms with Gasteiger partial charge in [-0.1, -0.05) is 6.07 Å². The van der Waals surface area contributed by atoms with Crippen molar-refractivity contribution in [2.24, 2.45) is 0 Å². The summed E-state index contributed by atoms with van der Waals surface area (Å²) in [5, 5.41) is 0. The number of anilines is 1. The molecule has 0 radical (unpaired) electrons. The third-order valence-corrected chi connectivity index (χ3v) is 2.41. The molecular formula is C11H13NO2. The van der Waals surface area contributed by atoms with Crippen molar-refractivity contribution in [3.63, 3.8) is 0 Å². The molecule has 1 unspecified atom stereocenters. The summed E-state index contributed by atoms with van der Waals surface area (Å²) in [6, 6.07) is 5.62. The SMILES string of the molecule is CC1CN(C)c2cccc(C=O)c2O1. The van der Waals surface area contributed by atoms with Crippen LogP contribution < -0.4 is 9.64 Å². The molecule has 0 N–H and O–H groups in total. The Morgan fingerprint density at radius 3 is 3.07 bits per heavy atom. The lowest BCUT2D eigenvalue weighted by molar-refractivity contribution is 0.111. The van der Waals surface area contributed by atoms with Crippen molar-refractivity contribution in [3.05, 3.63) is 23.8 Å². The Morgan fingerprint density at radius 2 is 2.36 bits per heavy atom. The monoisotopic (exact) mass is 191 g/mol. The number of carbonyl (C=O) groups is 1. The highest BCUT2D eigenvalue weighted by Crippen LogP contribution is 2.34. The van der Waals surface area contributed by atoms with Gasteiger partial charge in [0, 0.05) is 7.05 Å². The zero-order chi connectivity index (χ0) is 10.1. The van der Waals surface area contributed by atoms with Crippen molar-refractivity contribution in [1.29, 1.82) is 0 Å². The minimum atomic E-state index is 0.133. The van der Waals surface area contributed by atoms with Gasteiger partial charge in [0.25, 0.3) is 0 Å². The number of fused-ring (bicyclic) bond motifs is 1. The molecule has 0 saturated carbocycles. The van der Waals surface area contributed by atoms with E-state index < -0.39 is 0 Å². The number of nitrogens with zero attached hydrogens (tertiary/aromatic N) is 1. The van der Waals surface area contributed by atoms with Gasteiger partial charge < -0.3 is 9.64 Å². The van der Waals surface area contributed by atoms with Gasteiger partial charge >= 0.3 is 0 Å². The van der Waals surface area contributed by atoms with Gasteiger partial charge in [-0.3, -0.25) is 4.79 Å². The molecule has 1 aliphatic heterocycles. The second kappa shape index (κ2) is 3.33. The number of hydrogen-bond acceptors (Lipinski definition) is 3. The Hall–Kier alpha value is -1.51. The molecule has 3 nitrogen and oxygen atoms in total. The fraction of sp³-hybridized carbons (Fsp3) is 0.364. The number of likely N-dealkylation sites (N-methyl/N-ethyl adjacent to an activating group) is 1. The van der Waals surface area contributed by atoms with Gasteiger partial charge in [0.15, 0.2) is 12.0 Å². The Balaban J connectivity index is 2.52. The molecular weight excluding hydrogens is 178 g/mol. The predicted molar refractivity (Wildman–Crippen MR) is 55.2 cm³/mol. The summed E-state index contributed by atoms with van der Waals surface area (Å²) in [6.45, 7) is 2.86. The number of carbonyl (C=O) groups excluding carboxylic acids is 1. The van der Waals surface area contributed by atoms with Crippen LogP contribution >= 0.6 is 0 Å². The lowest BCUT2D eigenvalue weighted by Gasteiger charge is -2.32. The quantitative estimate of drug-likeness (QED) is 0.633. The molecule has 1 heterocycles. The van der Waals surface area contributed by atoms with Crippen molar-refractivity contribution in [3.8, 4) is 5.75 Å². The molecule has 1 aliphatic rings. The van der Waals surface area contributed by atoms with E-state index in [1.54, 1.807) is 6.07 Å². The first-order chi connectivity index (χ1) is 6.72. The van der Waals surface area contributed by atoms with E-state index >= 15 is 0 Å². The molecule has 3 heteroatoms. The van der Waals surface area contributed by atoms with Crippen LogP contribution in [0.4, 0.5) is 5.69 Å². The minimum absolute atomic E-state index is 0.133. The van der Waals surface area contributed by atoms with Crippen LogP contribution in [0.15, 0.2) is 18.2 Å². The zero-order valence-electron chi connectivity index (χ0n) is 8.36. The molecule has 74 valence electrons. The van der Waals surface area contributed by atoms with E-state index in [9.17, 15) is 4.79 Å². The lowest BCUT2D eigenvalue weighted by Crippen LogP contribution is -2.35. The summed E-state index contributed by atoms with van der Waals surface area (Å²) >= 11 is 0. The summed E-state index contributed by atoms with van der Waals surface area (Å²) in [4.78, 5) is 12.9. The molecule has 1 atom stereocenters. The first-order valence-electron chi connectivity index (χ1n) is 4.68. The van der Waals surface area contributed by atoms with Gasteiger partial charge in [-0.2, -0.15) is 0 Å². The van der Waals surface area contributed by atoms with E-state index in [-0.39, 0.29) is 6.10 Å². The van der Waals surface area contributed by atoms with Crippen LogP contribution in [-0.2, 0) is 0 Å². The van der Waals surface area contributed by atoms with Crippen LogP contribution in [0.5, 0.6) is 5.75 Å².